The van der Waals surface area contributed by atoms with Gasteiger partial charge in [0, 0.05) is 11.3 Å². The average molecular weight is 460 g/mol. The summed E-state index contributed by atoms with van der Waals surface area (Å²) in [6, 6.07) is 21.3. The normalized spacial score (nSPS) is 11.1. The van der Waals surface area contributed by atoms with Gasteiger partial charge in [-0.15, -0.1) is 0 Å². The largest absolute Gasteiger partial charge is 0.338 e. The molecule has 5 aromatic rings. The lowest BCUT2D eigenvalue weighted by Crippen LogP contribution is -2.13. The molecule has 3 aromatic carbocycles. The zero-order valence-corrected chi connectivity index (χ0v) is 18.4. The molecule has 2 N–H and O–H groups in total. The van der Waals surface area contributed by atoms with E-state index in [9.17, 15) is 9.18 Å². The first kappa shape index (κ1) is 20.9. The quantitative estimate of drug-likeness (QED) is 0.347. The number of hydrogen-bond donors (Lipinski definition) is 2. The second-order valence-corrected chi connectivity index (χ2v) is 8.03. The van der Waals surface area contributed by atoms with E-state index in [-0.39, 0.29) is 16.9 Å². The summed E-state index contributed by atoms with van der Waals surface area (Å²) in [5.74, 6) is 0.0460. The molecule has 0 unspecified atom stereocenters. The summed E-state index contributed by atoms with van der Waals surface area (Å²) < 4.78 is 14.7. The van der Waals surface area contributed by atoms with Crippen LogP contribution in [0.5, 0.6) is 0 Å². The summed E-state index contributed by atoms with van der Waals surface area (Å²) in [6.45, 7) is 2.06. The van der Waals surface area contributed by atoms with E-state index in [1.807, 2.05) is 42.5 Å². The number of hydrogen-bond acceptors (Lipinski definition) is 3. The third-order valence-corrected chi connectivity index (χ3v) is 5.71. The van der Waals surface area contributed by atoms with Gasteiger partial charge in [0.2, 0.25) is 0 Å². The van der Waals surface area contributed by atoms with Crippen molar-refractivity contribution in [3.05, 3.63) is 101 Å². The number of aryl methyl sites for hydroxylation is 1. The van der Waals surface area contributed by atoms with Crippen LogP contribution < -0.4 is 5.32 Å². The number of rotatable bonds is 5. The Labute approximate surface area is 194 Å². The van der Waals surface area contributed by atoms with Crippen LogP contribution in [-0.4, -0.2) is 25.7 Å². The highest BCUT2D eigenvalue weighted by molar-refractivity contribution is 6.33. The summed E-state index contributed by atoms with van der Waals surface area (Å²) in [4.78, 5) is 20.9. The first-order valence-corrected chi connectivity index (χ1v) is 10.7. The number of anilines is 1. The monoisotopic (exact) mass is 459 g/mol. The molecular formula is C25H19ClFN5O. The number of benzene rings is 3. The van der Waals surface area contributed by atoms with Crippen molar-refractivity contribution in [1.29, 1.82) is 0 Å². The second kappa shape index (κ2) is 8.52. The summed E-state index contributed by atoms with van der Waals surface area (Å²) in [5, 5.41) is 7.52. The molecule has 0 fully saturated rings. The Morgan fingerprint density at radius 3 is 2.67 bits per heavy atom. The minimum Gasteiger partial charge on any atom is -0.338 e. The topological polar surface area (TPSA) is 75.6 Å². The van der Waals surface area contributed by atoms with Crippen molar-refractivity contribution in [3.63, 3.8) is 0 Å². The van der Waals surface area contributed by atoms with Crippen molar-refractivity contribution in [2.75, 3.05) is 5.32 Å². The zero-order valence-electron chi connectivity index (χ0n) is 17.6. The molecule has 1 amide bonds. The molecule has 6 nitrogen and oxygen atoms in total. The van der Waals surface area contributed by atoms with E-state index < -0.39 is 0 Å². The maximum absolute atomic E-state index is 13.2. The van der Waals surface area contributed by atoms with E-state index in [2.05, 4.69) is 20.4 Å². The average Bonchev–Trinajstić information content (AvgIpc) is 3.36. The lowest BCUT2D eigenvalue weighted by molar-refractivity contribution is 0.102. The van der Waals surface area contributed by atoms with E-state index in [0.29, 0.717) is 29.3 Å². The summed E-state index contributed by atoms with van der Waals surface area (Å²) >= 11 is 6.49. The Kier molecular flexibility index (Phi) is 5.40. The van der Waals surface area contributed by atoms with Crippen LogP contribution in [0.3, 0.4) is 0 Å². The van der Waals surface area contributed by atoms with Gasteiger partial charge in [-0.05, 0) is 48.9 Å². The van der Waals surface area contributed by atoms with E-state index in [1.54, 1.807) is 25.1 Å². The Balaban J connectivity index is 1.38. The van der Waals surface area contributed by atoms with Gasteiger partial charge in [-0.1, -0.05) is 48.0 Å². The van der Waals surface area contributed by atoms with Crippen LogP contribution in [0.1, 0.15) is 21.6 Å². The lowest BCUT2D eigenvalue weighted by atomic mass is 10.1. The van der Waals surface area contributed by atoms with E-state index in [4.69, 9.17) is 11.6 Å². The highest BCUT2D eigenvalue weighted by atomic mass is 35.5. The number of imidazole rings is 1. The SMILES string of the molecule is Cc1nn(Cc2ccc(F)cc2)c(Cl)c1C(=O)Nc1cccc(-c2nc3ccccc3[nH]2)c1. The predicted octanol–water partition coefficient (Wildman–Crippen LogP) is 5.83. The number of H-pyrrole nitrogens is 1. The predicted molar refractivity (Wildman–Crippen MR) is 127 cm³/mol. The van der Waals surface area contributed by atoms with E-state index >= 15 is 0 Å². The van der Waals surface area contributed by atoms with Crippen LogP contribution in [0.2, 0.25) is 5.15 Å². The number of aromatic nitrogens is 4. The molecule has 0 radical (unpaired) electrons. The van der Waals surface area contributed by atoms with Crippen LogP contribution in [0.15, 0.2) is 72.8 Å². The molecule has 0 saturated carbocycles. The maximum Gasteiger partial charge on any atom is 0.260 e. The van der Waals surface area contributed by atoms with Gasteiger partial charge in [0.1, 0.15) is 16.8 Å². The Bertz CT molecular complexity index is 1440. The number of amides is 1. The number of para-hydroxylation sites is 2. The standard InChI is InChI=1S/C25H19ClFN5O/c1-15-22(23(26)32(31-15)14-16-9-11-18(27)12-10-16)25(33)28-19-6-4-5-17(13-19)24-29-20-7-2-3-8-21(20)30-24/h2-13H,14H2,1H3,(H,28,33)(H,29,30). The second-order valence-electron chi connectivity index (χ2n) is 7.67. The van der Waals surface area contributed by atoms with E-state index in [0.717, 1.165) is 22.2 Å². The Morgan fingerprint density at radius 1 is 1.09 bits per heavy atom. The number of aromatic amines is 1. The maximum atomic E-state index is 13.2. The van der Waals surface area contributed by atoms with Crippen LogP contribution in [-0.2, 0) is 6.54 Å². The van der Waals surface area contributed by atoms with Crippen LogP contribution >= 0.6 is 11.6 Å². The first-order valence-electron chi connectivity index (χ1n) is 10.3. The first-order chi connectivity index (χ1) is 16.0. The molecule has 0 aliphatic carbocycles. The van der Waals surface area contributed by atoms with E-state index in [1.165, 1.54) is 16.8 Å². The number of carbonyl (C=O) groups is 1. The summed E-state index contributed by atoms with van der Waals surface area (Å²) in [7, 11) is 0. The van der Waals surface area contributed by atoms with Gasteiger partial charge in [-0.25, -0.2) is 14.1 Å². The Morgan fingerprint density at radius 2 is 1.88 bits per heavy atom. The fourth-order valence-electron chi connectivity index (χ4n) is 3.71. The fraction of sp³-hybridized carbons (Fsp3) is 0.0800. The molecule has 2 aromatic heterocycles. The molecule has 164 valence electrons. The summed E-state index contributed by atoms with van der Waals surface area (Å²) in [5.41, 5.74) is 4.90. The summed E-state index contributed by atoms with van der Waals surface area (Å²) in [6.07, 6.45) is 0. The minimum absolute atomic E-state index is 0.225. The molecular weight excluding hydrogens is 441 g/mol. The van der Waals surface area contributed by atoms with Gasteiger partial charge >= 0.3 is 0 Å². The van der Waals surface area contributed by atoms with Gasteiger partial charge < -0.3 is 10.3 Å². The Hall–Kier alpha value is -3.97. The van der Waals surface area contributed by atoms with Crippen LogP contribution in [0.25, 0.3) is 22.4 Å². The van der Waals surface area contributed by atoms with Gasteiger partial charge in [-0.2, -0.15) is 5.10 Å². The molecule has 0 spiro atoms. The number of fused-ring (bicyclic) bond motifs is 1. The van der Waals surface area contributed by atoms with Gasteiger partial charge in [0.25, 0.3) is 5.91 Å². The smallest absolute Gasteiger partial charge is 0.260 e. The number of nitrogens with one attached hydrogen (secondary N) is 2. The third-order valence-electron chi connectivity index (χ3n) is 5.32. The molecule has 0 atom stereocenters. The molecule has 0 bridgehead atoms. The number of carbonyl (C=O) groups excluding carboxylic acids is 1. The highest BCUT2D eigenvalue weighted by Gasteiger charge is 2.21. The van der Waals surface area contributed by atoms with Crippen molar-refractivity contribution >= 4 is 34.2 Å². The molecule has 5 rings (SSSR count). The molecule has 2 heterocycles. The fourth-order valence-corrected chi connectivity index (χ4v) is 4.03. The van der Waals surface area contributed by atoms with Gasteiger partial charge in [0.05, 0.1) is 28.8 Å². The van der Waals surface area contributed by atoms with Gasteiger partial charge in [0.15, 0.2) is 0 Å². The van der Waals surface area contributed by atoms with Crippen LogP contribution in [0, 0.1) is 12.7 Å². The number of nitrogens with zero attached hydrogens (tertiary/aromatic N) is 3. The molecule has 33 heavy (non-hydrogen) atoms. The number of halogens is 2. The molecule has 0 saturated heterocycles. The molecule has 0 aliphatic heterocycles. The zero-order chi connectivity index (χ0) is 22.9. The van der Waals surface area contributed by atoms with Crippen LogP contribution in [0.4, 0.5) is 10.1 Å². The lowest BCUT2D eigenvalue weighted by Gasteiger charge is -2.07. The van der Waals surface area contributed by atoms with Crippen molar-refractivity contribution in [2.24, 2.45) is 0 Å². The van der Waals surface area contributed by atoms with Gasteiger partial charge in [-0.3, -0.25) is 4.79 Å². The van der Waals surface area contributed by atoms with Crippen molar-refractivity contribution < 1.29 is 9.18 Å². The van der Waals surface area contributed by atoms with Crippen molar-refractivity contribution in [1.82, 2.24) is 19.7 Å². The van der Waals surface area contributed by atoms with Crippen molar-refractivity contribution in [3.8, 4) is 11.4 Å². The highest BCUT2D eigenvalue weighted by Crippen LogP contribution is 2.25. The molecule has 8 heteroatoms. The molecule has 0 aliphatic rings. The minimum atomic E-state index is -0.357. The van der Waals surface area contributed by atoms with Crippen molar-refractivity contribution in [2.45, 2.75) is 13.5 Å². The third kappa shape index (κ3) is 4.23.